The summed E-state index contributed by atoms with van der Waals surface area (Å²) in [6.45, 7) is 4.74. The van der Waals surface area contributed by atoms with Gasteiger partial charge in [0.2, 0.25) is 0 Å². The molecule has 2 aliphatic rings. The lowest BCUT2D eigenvalue weighted by Gasteiger charge is -2.32. The van der Waals surface area contributed by atoms with Gasteiger partial charge in [-0.15, -0.1) is 24.0 Å². The van der Waals surface area contributed by atoms with Crippen molar-refractivity contribution in [3.8, 4) is 0 Å². The first-order chi connectivity index (χ1) is 13.7. The smallest absolute Gasteiger partial charge is 0.379 e. The molecule has 30 heavy (non-hydrogen) atoms. The Morgan fingerprint density at radius 1 is 1.27 bits per heavy atom. The number of ether oxygens (including phenoxy) is 2. The Kier molecular flexibility index (Phi) is 12.2. The van der Waals surface area contributed by atoms with Crippen molar-refractivity contribution >= 4 is 40.0 Å². The molecular weight excluding hydrogens is 540 g/mol. The van der Waals surface area contributed by atoms with Crippen LogP contribution >= 0.6 is 24.0 Å². The Balaban J connectivity index is 0.00000450. The molecule has 2 fully saturated rings. The van der Waals surface area contributed by atoms with Crippen LogP contribution in [0, 0.1) is 0 Å². The van der Waals surface area contributed by atoms with Crippen LogP contribution in [0.4, 0.5) is 13.2 Å². The normalized spacial score (nSPS) is 22.0. The molecule has 0 aliphatic carbocycles. The van der Waals surface area contributed by atoms with E-state index < -0.39 is 15.5 Å². The average Bonchev–Trinajstić information content (AvgIpc) is 3.17. The van der Waals surface area contributed by atoms with Crippen LogP contribution < -0.4 is 10.6 Å². The predicted molar refractivity (Wildman–Crippen MR) is 119 cm³/mol. The van der Waals surface area contributed by atoms with E-state index in [1.54, 1.807) is 0 Å². The molecule has 0 spiro atoms. The first kappa shape index (κ1) is 27.7. The maximum atomic E-state index is 12.6. The van der Waals surface area contributed by atoms with Crippen molar-refractivity contribution in [3.63, 3.8) is 0 Å². The van der Waals surface area contributed by atoms with E-state index in [2.05, 4.69) is 15.6 Å². The topological polar surface area (TPSA) is 92.3 Å². The molecule has 2 N–H and O–H groups in total. The summed E-state index contributed by atoms with van der Waals surface area (Å²) in [5.74, 6) is 0.573. The number of aliphatic imine (C=N–C) groups is 1. The number of guanidine groups is 1. The van der Waals surface area contributed by atoms with E-state index >= 15 is 0 Å². The SMILES string of the molecule is CCNC(=NCCCOCC1CCCO1)NC1CCN(S(=O)(=O)C(F)(F)F)CC1.I. The lowest BCUT2D eigenvalue weighted by atomic mass is 10.1. The van der Waals surface area contributed by atoms with Gasteiger partial charge in [-0.3, -0.25) is 4.99 Å². The largest absolute Gasteiger partial charge is 0.511 e. The van der Waals surface area contributed by atoms with Gasteiger partial charge in [0.25, 0.3) is 0 Å². The highest BCUT2D eigenvalue weighted by molar-refractivity contribution is 14.0. The van der Waals surface area contributed by atoms with Crippen LogP contribution in [0.5, 0.6) is 0 Å². The quantitative estimate of drug-likeness (QED) is 0.190. The van der Waals surface area contributed by atoms with Gasteiger partial charge in [-0.05, 0) is 39.0 Å². The summed E-state index contributed by atoms with van der Waals surface area (Å²) >= 11 is 0. The summed E-state index contributed by atoms with van der Waals surface area (Å²) in [7, 11) is -5.25. The molecule has 0 saturated carbocycles. The Hall–Kier alpha value is -0.380. The average molecular weight is 572 g/mol. The van der Waals surface area contributed by atoms with Crippen molar-refractivity contribution in [1.29, 1.82) is 0 Å². The van der Waals surface area contributed by atoms with Crippen LogP contribution in [0.1, 0.15) is 39.0 Å². The molecule has 2 saturated heterocycles. The minimum atomic E-state index is -5.25. The van der Waals surface area contributed by atoms with Crippen LogP contribution in [0.3, 0.4) is 0 Å². The summed E-state index contributed by atoms with van der Waals surface area (Å²) in [4.78, 5) is 4.46. The lowest BCUT2D eigenvalue weighted by Crippen LogP contribution is -2.51. The van der Waals surface area contributed by atoms with Gasteiger partial charge in [-0.1, -0.05) is 0 Å². The Bertz CT molecular complexity index is 623. The first-order valence-electron chi connectivity index (χ1n) is 10.0. The van der Waals surface area contributed by atoms with Crippen molar-refractivity contribution in [3.05, 3.63) is 0 Å². The number of alkyl halides is 3. The second kappa shape index (κ2) is 13.2. The molecule has 2 heterocycles. The summed E-state index contributed by atoms with van der Waals surface area (Å²) in [6, 6.07) is -0.136. The van der Waals surface area contributed by atoms with Crippen LogP contribution in [-0.4, -0.2) is 82.3 Å². The van der Waals surface area contributed by atoms with Gasteiger partial charge in [-0.25, -0.2) is 8.42 Å². The molecule has 0 radical (unpaired) electrons. The molecule has 1 unspecified atom stereocenters. The second-order valence-electron chi connectivity index (χ2n) is 7.09. The van der Waals surface area contributed by atoms with E-state index in [1.807, 2.05) is 6.92 Å². The predicted octanol–water partition coefficient (Wildman–Crippen LogP) is 2.06. The van der Waals surface area contributed by atoms with Gasteiger partial charge in [0.1, 0.15) is 0 Å². The third-order valence-corrected chi connectivity index (χ3v) is 6.45. The molecule has 0 aromatic carbocycles. The minimum absolute atomic E-state index is 0. The number of sulfonamides is 1. The number of nitrogens with zero attached hydrogens (tertiary/aromatic N) is 2. The van der Waals surface area contributed by atoms with Gasteiger partial charge in [-0.2, -0.15) is 17.5 Å². The zero-order valence-electron chi connectivity index (χ0n) is 17.1. The Morgan fingerprint density at radius 2 is 1.97 bits per heavy atom. The summed E-state index contributed by atoms with van der Waals surface area (Å²) in [6.07, 6.45) is 3.62. The Labute approximate surface area is 193 Å². The molecular formula is C17H32F3IN4O4S. The lowest BCUT2D eigenvalue weighted by molar-refractivity contribution is -0.0494. The maximum absolute atomic E-state index is 12.6. The summed E-state index contributed by atoms with van der Waals surface area (Å²) in [5.41, 5.74) is -5.25. The highest BCUT2D eigenvalue weighted by atomic mass is 127. The summed E-state index contributed by atoms with van der Waals surface area (Å²) in [5, 5.41) is 6.28. The fourth-order valence-corrected chi connectivity index (χ4v) is 4.23. The fraction of sp³-hybridized carbons (Fsp3) is 0.941. The van der Waals surface area contributed by atoms with Crippen molar-refractivity contribution < 1.29 is 31.1 Å². The van der Waals surface area contributed by atoms with Crippen molar-refractivity contribution in [2.24, 2.45) is 4.99 Å². The first-order valence-corrected chi connectivity index (χ1v) is 11.5. The number of hydrogen-bond acceptors (Lipinski definition) is 5. The molecule has 0 aromatic heterocycles. The van der Waals surface area contributed by atoms with E-state index in [1.165, 1.54) is 0 Å². The van der Waals surface area contributed by atoms with Crippen LogP contribution in [0.15, 0.2) is 4.99 Å². The molecule has 2 aliphatic heterocycles. The molecule has 8 nitrogen and oxygen atoms in total. The standard InChI is InChI=1S/C17H31F3N4O4S.HI/c1-2-21-16(22-8-4-11-27-13-15-5-3-12-28-15)23-14-6-9-24(10-7-14)29(25,26)17(18,19)20;/h14-15H,2-13H2,1H3,(H2,21,22,23);1H. The van der Waals surface area contributed by atoms with Gasteiger partial charge in [0.05, 0.1) is 12.7 Å². The molecule has 0 bridgehead atoms. The molecule has 1 atom stereocenters. The van der Waals surface area contributed by atoms with Gasteiger partial charge in [0, 0.05) is 45.4 Å². The van der Waals surface area contributed by atoms with Gasteiger partial charge < -0.3 is 20.1 Å². The monoisotopic (exact) mass is 572 g/mol. The fourth-order valence-electron chi connectivity index (χ4n) is 3.25. The third-order valence-electron chi connectivity index (χ3n) is 4.82. The molecule has 13 heteroatoms. The van der Waals surface area contributed by atoms with Gasteiger partial charge >= 0.3 is 15.5 Å². The van der Waals surface area contributed by atoms with Crippen LogP contribution in [0.25, 0.3) is 0 Å². The van der Waals surface area contributed by atoms with Crippen LogP contribution in [-0.2, 0) is 19.5 Å². The number of nitrogens with one attached hydrogen (secondary N) is 2. The number of piperidine rings is 1. The highest BCUT2D eigenvalue weighted by Crippen LogP contribution is 2.28. The third kappa shape index (κ3) is 8.63. The Morgan fingerprint density at radius 3 is 2.53 bits per heavy atom. The number of rotatable bonds is 9. The van der Waals surface area contributed by atoms with E-state index in [0.717, 1.165) is 25.9 Å². The van der Waals surface area contributed by atoms with Gasteiger partial charge in [0.15, 0.2) is 5.96 Å². The maximum Gasteiger partial charge on any atom is 0.511 e. The second-order valence-corrected chi connectivity index (χ2v) is 9.02. The number of hydrogen-bond donors (Lipinski definition) is 2. The van der Waals surface area contributed by atoms with Crippen molar-refractivity contribution in [2.45, 2.75) is 56.7 Å². The highest BCUT2D eigenvalue weighted by Gasteiger charge is 2.50. The van der Waals surface area contributed by atoms with Crippen molar-refractivity contribution in [1.82, 2.24) is 14.9 Å². The zero-order chi connectivity index (χ0) is 21.3. The molecule has 178 valence electrons. The minimum Gasteiger partial charge on any atom is -0.379 e. The van der Waals surface area contributed by atoms with E-state index in [0.29, 0.717) is 36.6 Å². The summed E-state index contributed by atoms with van der Waals surface area (Å²) < 4.78 is 72.5. The molecule has 0 amide bonds. The van der Waals surface area contributed by atoms with E-state index in [9.17, 15) is 21.6 Å². The van der Waals surface area contributed by atoms with E-state index in [-0.39, 0.29) is 62.1 Å². The molecule has 0 aromatic rings. The van der Waals surface area contributed by atoms with Crippen molar-refractivity contribution in [2.75, 3.05) is 46.0 Å². The van der Waals surface area contributed by atoms with E-state index in [4.69, 9.17) is 9.47 Å². The van der Waals surface area contributed by atoms with Crippen LogP contribution in [0.2, 0.25) is 0 Å². The zero-order valence-corrected chi connectivity index (χ0v) is 20.3. The molecule has 2 rings (SSSR count). The number of halogens is 4.